The Balaban J connectivity index is 1.17. The van der Waals surface area contributed by atoms with Gasteiger partial charge in [-0.2, -0.15) is 10.2 Å². The van der Waals surface area contributed by atoms with Gasteiger partial charge in [-0.05, 0) is 51.2 Å². The number of aliphatic hydroxyl groups is 1. The van der Waals surface area contributed by atoms with Gasteiger partial charge in [-0.3, -0.25) is 9.58 Å². The first-order valence-corrected chi connectivity index (χ1v) is 12.7. The molecule has 2 bridgehead atoms. The average molecular weight is 483 g/mol. The van der Waals surface area contributed by atoms with Crippen molar-refractivity contribution in [3.63, 3.8) is 0 Å². The minimum atomic E-state index is -0.456. The fraction of sp³-hybridized carbons (Fsp3) is 0.600. The van der Waals surface area contributed by atoms with Crippen molar-refractivity contribution in [2.75, 3.05) is 37.7 Å². The molecule has 2 saturated heterocycles. The number of hydrogen-bond donors (Lipinski definition) is 1. The number of aromatic nitrogens is 4. The summed E-state index contributed by atoms with van der Waals surface area (Å²) in [5, 5.41) is 21.7. The van der Waals surface area contributed by atoms with Gasteiger partial charge < -0.3 is 14.7 Å². The summed E-state index contributed by atoms with van der Waals surface area (Å²) in [6.07, 6.45) is 9.29. The number of fused-ring (bicyclic) bond motifs is 1. The molecule has 9 heteroatoms. The summed E-state index contributed by atoms with van der Waals surface area (Å²) in [4.78, 5) is 4.76. The highest BCUT2D eigenvalue weighted by Crippen LogP contribution is 2.62. The van der Waals surface area contributed by atoms with Crippen LogP contribution in [0.1, 0.15) is 33.1 Å². The molecular weight excluding hydrogens is 452 g/mol. The quantitative estimate of drug-likeness (QED) is 0.616. The van der Waals surface area contributed by atoms with Gasteiger partial charge in [0.05, 0.1) is 65.2 Å². The summed E-state index contributed by atoms with van der Waals surface area (Å²) in [5.74, 6) is 0.915. The second kappa shape index (κ2) is 7.20. The van der Waals surface area contributed by atoms with Gasteiger partial charge in [0.25, 0.3) is 0 Å². The van der Waals surface area contributed by atoms with E-state index >= 15 is 0 Å². The highest BCUT2D eigenvalue weighted by atomic mass is 35.5. The van der Waals surface area contributed by atoms with E-state index in [0.717, 1.165) is 52.9 Å². The summed E-state index contributed by atoms with van der Waals surface area (Å²) in [6.45, 7) is 7.84. The Labute approximate surface area is 204 Å². The minimum absolute atomic E-state index is 0.262. The lowest BCUT2D eigenvalue weighted by Gasteiger charge is -2.61. The van der Waals surface area contributed by atoms with Crippen LogP contribution in [-0.4, -0.2) is 80.1 Å². The Hall–Kier alpha value is -2.13. The third-order valence-corrected chi connectivity index (χ3v) is 9.26. The normalized spacial score (nSPS) is 35.5. The maximum Gasteiger partial charge on any atom is 0.103 e. The number of anilines is 1. The van der Waals surface area contributed by atoms with Crippen LogP contribution in [0.2, 0.25) is 5.02 Å². The molecule has 3 atom stereocenters. The van der Waals surface area contributed by atoms with Crippen LogP contribution in [-0.2, 0) is 10.3 Å². The largest absolute Gasteiger partial charge is 0.389 e. The molecule has 0 radical (unpaired) electrons. The molecule has 3 saturated carbocycles. The van der Waals surface area contributed by atoms with Gasteiger partial charge >= 0.3 is 0 Å². The number of hydrogen-bond acceptors (Lipinski definition) is 6. The number of nitrogens with zero attached hydrogens (tertiary/aromatic N) is 6. The molecule has 8 nitrogen and oxygen atoms in total. The zero-order chi connectivity index (χ0) is 23.2. The molecule has 8 rings (SSSR count). The zero-order valence-corrected chi connectivity index (χ0v) is 20.4. The number of rotatable bonds is 4. The van der Waals surface area contributed by atoms with Gasteiger partial charge in [-0.15, -0.1) is 0 Å². The van der Waals surface area contributed by atoms with Crippen molar-refractivity contribution < 1.29 is 9.84 Å². The van der Waals surface area contributed by atoms with Gasteiger partial charge in [0.15, 0.2) is 0 Å². The van der Waals surface area contributed by atoms with Crippen LogP contribution in [0.5, 0.6) is 0 Å². The lowest BCUT2D eigenvalue weighted by Crippen LogP contribution is -2.64. The molecule has 34 heavy (non-hydrogen) atoms. The molecule has 1 N–H and O–H groups in total. The van der Waals surface area contributed by atoms with E-state index in [0.29, 0.717) is 13.2 Å². The van der Waals surface area contributed by atoms with Crippen LogP contribution in [0.3, 0.4) is 0 Å². The molecule has 2 aromatic heterocycles. The Kier molecular flexibility index (Phi) is 4.48. The Morgan fingerprint density at radius 3 is 2.65 bits per heavy atom. The van der Waals surface area contributed by atoms with Gasteiger partial charge in [0.1, 0.15) is 5.69 Å². The minimum Gasteiger partial charge on any atom is -0.389 e. The van der Waals surface area contributed by atoms with Crippen LogP contribution >= 0.6 is 11.6 Å². The first kappa shape index (κ1) is 21.2. The Bertz CT molecular complexity index is 1250. The predicted molar refractivity (Wildman–Crippen MR) is 131 cm³/mol. The third kappa shape index (κ3) is 2.89. The molecule has 0 amide bonds. The summed E-state index contributed by atoms with van der Waals surface area (Å²) < 4.78 is 9.74. The van der Waals surface area contributed by atoms with Crippen molar-refractivity contribution in [2.24, 2.45) is 5.92 Å². The van der Waals surface area contributed by atoms with Crippen molar-refractivity contribution in [3.05, 3.63) is 35.7 Å². The fourth-order valence-electron chi connectivity index (χ4n) is 6.74. The molecule has 0 unspecified atom stereocenters. The first-order chi connectivity index (χ1) is 16.4. The highest BCUT2D eigenvalue weighted by Gasteiger charge is 2.58. The second-order valence-corrected chi connectivity index (χ2v) is 11.5. The Morgan fingerprint density at radius 1 is 1.15 bits per heavy atom. The molecule has 2 aliphatic heterocycles. The van der Waals surface area contributed by atoms with Crippen LogP contribution in [0.4, 0.5) is 5.69 Å². The van der Waals surface area contributed by atoms with E-state index in [1.165, 1.54) is 19.3 Å². The van der Waals surface area contributed by atoms with Crippen molar-refractivity contribution in [1.29, 1.82) is 0 Å². The lowest BCUT2D eigenvalue weighted by atomic mass is 9.50. The van der Waals surface area contributed by atoms with Crippen molar-refractivity contribution >= 4 is 28.2 Å². The number of aliphatic hydroxyl groups excluding tert-OH is 1. The molecular formula is C25H31ClN6O2. The molecule has 4 heterocycles. The van der Waals surface area contributed by atoms with Crippen LogP contribution in [0.25, 0.3) is 16.6 Å². The predicted octanol–water partition coefficient (Wildman–Crippen LogP) is 3.04. The zero-order valence-electron chi connectivity index (χ0n) is 19.7. The van der Waals surface area contributed by atoms with Crippen molar-refractivity contribution in [3.8, 4) is 5.69 Å². The third-order valence-electron chi connectivity index (χ3n) is 8.95. The van der Waals surface area contributed by atoms with E-state index in [-0.39, 0.29) is 17.1 Å². The number of ether oxygens (including phenoxy) is 1. The number of benzene rings is 1. The fourth-order valence-corrected chi connectivity index (χ4v) is 7.03. The van der Waals surface area contributed by atoms with Gasteiger partial charge in [-0.1, -0.05) is 11.6 Å². The van der Waals surface area contributed by atoms with E-state index in [4.69, 9.17) is 21.4 Å². The van der Waals surface area contributed by atoms with Crippen LogP contribution < -0.4 is 4.90 Å². The van der Waals surface area contributed by atoms with E-state index in [1.807, 2.05) is 23.1 Å². The van der Waals surface area contributed by atoms with E-state index in [2.05, 4.69) is 45.7 Å². The molecule has 5 aliphatic rings. The Morgan fingerprint density at radius 2 is 1.97 bits per heavy atom. The van der Waals surface area contributed by atoms with Crippen molar-refractivity contribution in [1.82, 2.24) is 24.5 Å². The van der Waals surface area contributed by atoms with E-state index in [1.54, 1.807) is 0 Å². The smallest absolute Gasteiger partial charge is 0.103 e. The van der Waals surface area contributed by atoms with E-state index < -0.39 is 6.10 Å². The maximum absolute atomic E-state index is 10.5. The van der Waals surface area contributed by atoms with Gasteiger partial charge in [0.2, 0.25) is 0 Å². The maximum atomic E-state index is 10.5. The SMILES string of the molecule is C[C@@H]1CN(c2cc3c(cnn3-c3cnn(C45CC(C4)C5)c3)cc2Cl)CCN1[C@@]1(C)COC[C@@H]1O. The topological polar surface area (TPSA) is 71.6 Å². The monoisotopic (exact) mass is 482 g/mol. The molecule has 0 spiro atoms. The molecule has 5 fully saturated rings. The summed E-state index contributed by atoms with van der Waals surface area (Å²) in [6, 6.07) is 4.45. The first-order valence-electron chi connectivity index (χ1n) is 12.4. The van der Waals surface area contributed by atoms with Gasteiger partial charge in [-0.25, -0.2) is 4.68 Å². The molecule has 3 aliphatic carbocycles. The summed E-state index contributed by atoms with van der Waals surface area (Å²) >= 11 is 6.78. The van der Waals surface area contributed by atoms with Gasteiger partial charge in [0, 0.05) is 31.1 Å². The van der Waals surface area contributed by atoms with Crippen LogP contribution in [0.15, 0.2) is 30.7 Å². The number of halogens is 1. The molecule has 1 aromatic carbocycles. The van der Waals surface area contributed by atoms with Crippen LogP contribution in [0, 0.1) is 5.92 Å². The molecule has 3 aromatic rings. The van der Waals surface area contributed by atoms with Crippen molar-refractivity contribution in [2.45, 2.75) is 56.3 Å². The average Bonchev–Trinajstić information content (AvgIpc) is 3.45. The summed E-state index contributed by atoms with van der Waals surface area (Å²) in [5.41, 5.74) is 3.00. The molecule has 180 valence electrons. The second-order valence-electron chi connectivity index (χ2n) is 11.1. The lowest BCUT2D eigenvalue weighted by molar-refractivity contribution is -0.0977. The van der Waals surface area contributed by atoms with E-state index in [9.17, 15) is 5.11 Å². The summed E-state index contributed by atoms with van der Waals surface area (Å²) in [7, 11) is 0. The standard InChI is InChI=1S/C25H31ClN6O2/c1-16-12-29(3-4-30(16)24(2)15-34-14-23(24)33)22-6-21-18(5-20(22)26)10-28-32(21)19-11-27-31(13-19)25-7-17(8-25)9-25/h5-6,10-11,13,16-17,23,33H,3-4,7-9,12,14-15H2,1-2H3/t16-,17?,23+,24+,25?/m1/s1. The number of piperazine rings is 1. The highest BCUT2D eigenvalue weighted by molar-refractivity contribution is 6.34.